The Morgan fingerprint density at radius 1 is 1.11 bits per heavy atom. The van der Waals surface area contributed by atoms with Crippen molar-refractivity contribution in [3.05, 3.63) is 70.4 Å². The molecule has 142 valence electrons. The molecule has 0 unspecified atom stereocenters. The Balaban J connectivity index is 2.27. The van der Waals surface area contributed by atoms with Crippen molar-refractivity contribution < 1.29 is 14.3 Å². The lowest BCUT2D eigenvalue weighted by molar-refractivity contribution is -0.117. The molecule has 0 radical (unpaired) electrons. The summed E-state index contributed by atoms with van der Waals surface area (Å²) in [6.07, 6.45) is 3.44. The predicted molar refractivity (Wildman–Crippen MR) is 108 cm³/mol. The summed E-state index contributed by atoms with van der Waals surface area (Å²) in [4.78, 5) is 25.2. The van der Waals surface area contributed by atoms with Gasteiger partial charge in [0.2, 0.25) is 0 Å². The van der Waals surface area contributed by atoms with Crippen LogP contribution in [-0.2, 0) is 4.79 Å². The molecular weight excluding hydrogens is 364 g/mol. The van der Waals surface area contributed by atoms with E-state index in [1.165, 1.54) is 7.11 Å². The van der Waals surface area contributed by atoms with Crippen molar-refractivity contribution in [2.75, 3.05) is 13.7 Å². The smallest absolute Gasteiger partial charge is 0.267 e. The number of methoxy groups -OCH3 is 1. The van der Waals surface area contributed by atoms with Gasteiger partial charge in [0.15, 0.2) is 0 Å². The number of carbonyl (C=O) groups excluding carboxylic acids is 2. The number of nitrogens with one attached hydrogen (secondary N) is 2. The molecule has 27 heavy (non-hydrogen) atoms. The van der Waals surface area contributed by atoms with Crippen LogP contribution in [0.5, 0.6) is 5.75 Å². The van der Waals surface area contributed by atoms with Gasteiger partial charge in [-0.1, -0.05) is 49.2 Å². The van der Waals surface area contributed by atoms with E-state index in [2.05, 4.69) is 10.6 Å². The van der Waals surface area contributed by atoms with E-state index in [4.69, 9.17) is 16.3 Å². The van der Waals surface area contributed by atoms with Crippen LogP contribution in [0.1, 0.15) is 35.7 Å². The van der Waals surface area contributed by atoms with Gasteiger partial charge in [0.05, 0.1) is 12.7 Å². The normalized spacial score (nSPS) is 11.0. The van der Waals surface area contributed by atoms with E-state index >= 15 is 0 Å². The second kappa shape index (κ2) is 10.4. The molecule has 0 saturated carbocycles. The first-order valence-corrected chi connectivity index (χ1v) is 9.12. The lowest BCUT2D eigenvalue weighted by Crippen LogP contribution is -2.35. The van der Waals surface area contributed by atoms with Crippen LogP contribution >= 0.6 is 11.6 Å². The fourth-order valence-electron chi connectivity index (χ4n) is 2.38. The van der Waals surface area contributed by atoms with Crippen molar-refractivity contribution >= 4 is 29.5 Å². The maximum atomic E-state index is 12.7. The fraction of sp³-hybridized carbons (Fsp3) is 0.238. The Morgan fingerprint density at radius 3 is 2.48 bits per heavy atom. The first kappa shape index (κ1) is 20.5. The van der Waals surface area contributed by atoms with Crippen LogP contribution in [0.15, 0.2) is 54.2 Å². The molecule has 2 aromatic rings. The first-order valence-electron chi connectivity index (χ1n) is 8.75. The summed E-state index contributed by atoms with van der Waals surface area (Å²) in [6.45, 7) is 2.58. The monoisotopic (exact) mass is 386 g/mol. The molecule has 0 heterocycles. The number of rotatable bonds is 8. The van der Waals surface area contributed by atoms with Crippen LogP contribution in [0.4, 0.5) is 0 Å². The predicted octanol–water partition coefficient (Wildman–Crippen LogP) is 4.04. The van der Waals surface area contributed by atoms with Gasteiger partial charge in [-0.25, -0.2) is 0 Å². The van der Waals surface area contributed by atoms with E-state index in [1.54, 1.807) is 54.6 Å². The Kier molecular flexibility index (Phi) is 7.89. The van der Waals surface area contributed by atoms with Crippen LogP contribution in [0.2, 0.25) is 5.02 Å². The molecule has 6 heteroatoms. The summed E-state index contributed by atoms with van der Waals surface area (Å²) in [5, 5.41) is 6.11. The topological polar surface area (TPSA) is 67.4 Å². The van der Waals surface area contributed by atoms with Crippen LogP contribution in [0.3, 0.4) is 0 Å². The maximum Gasteiger partial charge on any atom is 0.267 e. The quantitative estimate of drug-likeness (QED) is 0.531. The molecule has 5 nitrogen and oxygen atoms in total. The molecule has 0 aliphatic rings. The molecule has 0 spiro atoms. The van der Waals surface area contributed by atoms with Gasteiger partial charge >= 0.3 is 0 Å². The molecule has 0 fully saturated rings. The molecule has 0 aliphatic heterocycles. The number of hydrogen-bond acceptors (Lipinski definition) is 3. The van der Waals surface area contributed by atoms with Crippen molar-refractivity contribution in [2.45, 2.75) is 19.8 Å². The largest absolute Gasteiger partial charge is 0.496 e. The third-order valence-electron chi connectivity index (χ3n) is 3.84. The van der Waals surface area contributed by atoms with Gasteiger partial charge < -0.3 is 15.4 Å². The summed E-state index contributed by atoms with van der Waals surface area (Å²) in [5.74, 6) is -0.327. The molecule has 0 atom stereocenters. The molecule has 2 aromatic carbocycles. The van der Waals surface area contributed by atoms with Crippen LogP contribution in [0, 0.1) is 0 Å². The minimum atomic E-state index is -0.418. The summed E-state index contributed by atoms with van der Waals surface area (Å²) < 4.78 is 5.22. The van der Waals surface area contributed by atoms with Crippen molar-refractivity contribution in [3.63, 3.8) is 0 Å². The van der Waals surface area contributed by atoms with Gasteiger partial charge in [-0.2, -0.15) is 0 Å². The van der Waals surface area contributed by atoms with Crippen molar-refractivity contribution in [2.24, 2.45) is 0 Å². The highest BCUT2D eigenvalue weighted by Gasteiger charge is 2.17. The number of hydrogen-bond donors (Lipinski definition) is 2. The van der Waals surface area contributed by atoms with Crippen LogP contribution in [0.25, 0.3) is 6.08 Å². The van der Waals surface area contributed by atoms with Gasteiger partial charge in [0.1, 0.15) is 11.4 Å². The number of amides is 2. The molecule has 0 aromatic heterocycles. The number of ether oxygens (including phenoxy) is 1. The third-order valence-corrected chi connectivity index (χ3v) is 4.09. The highest BCUT2D eigenvalue weighted by Crippen LogP contribution is 2.18. The Labute approximate surface area is 164 Å². The Hall–Kier alpha value is -2.79. The molecular formula is C21H23ClN2O3. The van der Waals surface area contributed by atoms with Crippen LogP contribution < -0.4 is 15.4 Å². The van der Waals surface area contributed by atoms with Gasteiger partial charge in [-0.05, 0) is 42.3 Å². The van der Waals surface area contributed by atoms with Crippen molar-refractivity contribution in [1.82, 2.24) is 10.6 Å². The zero-order valence-electron chi connectivity index (χ0n) is 15.4. The van der Waals surface area contributed by atoms with E-state index in [9.17, 15) is 9.59 Å². The zero-order chi connectivity index (χ0) is 19.6. The Bertz CT molecular complexity index is 816. The highest BCUT2D eigenvalue weighted by atomic mass is 35.5. The molecule has 2 N–H and O–H groups in total. The molecule has 2 rings (SSSR count). The Morgan fingerprint density at radius 2 is 1.81 bits per heavy atom. The molecule has 2 amide bonds. The van der Waals surface area contributed by atoms with E-state index in [-0.39, 0.29) is 11.6 Å². The van der Waals surface area contributed by atoms with Crippen molar-refractivity contribution in [3.8, 4) is 5.75 Å². The minimum Gasteiger partial charge on any atom is -0.496 e. The fourth-order valence-corrected chi connectivity index (χ4v) is 2.51. The van der Waals surface area contributed by atoms with E-state index < -0.39 is 5.91 Å². The summed E-state index contributed by atoms with van der Waals surface area (Å²) >= 11 is 5.91. The molecule has 0 bridgehead atoms. The van der Waals surface area contributed by atoms with E-state index in [0.717, 1.165) is 18.4 Å². The molecule has 0 saturated heterocycles. The van der Waals surface area contributed by atoms with Crippen LogP contribution in [-0.4, -0.2) is 25.5 Å². The average molecular weight is 387 g/mol. The maximum absolute atomic E-state index is 12.7. The second-order valence-corrected chi connectivity index (χ2v) is 6.31. The van der Waals surface area contributed by atoms with Gasteiger partial charge in [0.25, 0.3) is 11.8 Å². The van der Waals surface area contributed by atoms with E-state index in [0.29, 0.717) is 22.9 Å². The average Bonchev–Trinajstić information content (AvgIpc) is 2.69. The highest BCUT2D eigenvalue weighted by molar-refractivity contribution is 6.30. The lowest BCUT2D eigenvalue weighted by Gasteiger charge is -2.12. The standard InChI is InChI=1S/C21H23ClN2O3/c1-3-4-13-23-21(26)18(14-15-9-11-16(22)12-10-15)24-20(25)17-7-5-6-8-19(17)27-2/h5-12,14H,3-4,13H2,1-2H3,(H,23,26)(H,24,25)/b18-14+. The number of unbranched alkanes of at least 4 members (excludes halogenated alkanes) is 1. The van der Waals surface area contributed by atoms with E-state index in [1.807, 2.05) is 6.92 Å². The summed E-state index contributed by atoms with van der Waals surface area (Å²) in [7, 11) is 1.49. The number of benzene rings is 2. The summed E-state index contributed by atoms with van der Waals surface area (Å²) in [6, 6.07) is 13.8. The molecule has 0 aliphatic carbocycles. The number of para-hydroxylation sites is 1. The SMILES string of the molecule is CCCCNC(=O)/C(=C\c1ccc(Cl)cc1)NC(=O)c1ccccc1OC. The minimum absolute atomic E-state index is 0.157. The number of halogens is 1. The zero-order valence-corrected chi connectivity index (χ0v) is 16.2. The van der Waals surface area contributed by atoms with Gasteiger partial charge in [-0.3, -0.25) is 9.59 Å². The first-order chi connectivity index (χ1) is 13.0. The van der Waals surface area contributed by atoms with Crippen molar-refractivity contribution in [1.29, 1.82) is 0 Å². The lowest BCUT2D eigenvalue weighted by atomic mass is 10.1. The summed E-state index contributed by atoms with van der Waals surface area (Å²) in [5.41, 5.74) is 1.26. The number of carbonyl (C=O) groups is 2. The van der Waals surface area contributed by atoms with Gasteiger partial charge in [0, 0.05) is 11.6 Å². The van der Waals surface area contributed by atoms with Gasteiger partial charge in [-0.15, -0.1) is 0 Å². The third kappa shape index (κ3) is 6.15. The second-order valence-electron chi connectivity index (χ2n) is 5.87.